The van der Waals surface area contributed by atoms with Crippen LogP contribution in [0.1, 0.15) is 0 Å². The maximum absolute atomic E-state index is 5.22. The SMILES string of the molecule is c1ccc(-c2ccc(-n3c4ccccc4c4cc5c(cc43)c3cc(-c4ccccc4)ccc3n5-c3nc(-c4ccccc4)nc(-c4ccccc4)n3)cc2)cc1. The van der Waals surface area contributed by atoms with Crippen LogP contribution in [-0.2, 0) is 0 Å². The summed E-state index contributed by atoms with van der Waals surface area (Å²) in [6, 6.07) is 70.5. The highest BCUT2D eigenvalue weighted by molar-refractivity contribution is 6.19. The van der Waals surface area contributed by atoms with Crippen molar-refractivity contribution in [3.8, 4) is 56.7 Å². The molecular formula is C51H33N5. The largest absolute Gasteiger partial charge is 0.309 e. The smallest absolute Gasteiger partial charge is 0.238 e. The van der Waals surface area contributed by atoms with Crippen molar-refractivity contribution in [2.45, 2.75) is 0 Å². The highest BCUT2D eigenvalue weighted by atomic mass is 15.2. The van der Waals surface area contributed by atoms with Crippen LogP contribution in [0.4, 0.5) is 0 Å². The van der Waals surface area contributed by atoms with Crippen molar-refractivity contribution < 1.29 is 0 Å². The lowest BCUT2D eigenvalue weighted by atomic mass is 10.0. The van der Waals surface area contributed by atoms with E-state index in [9.17, 15) is 0 Å². The summed E-state index contributed by atoms with van der Waals surface area (Å²) in [5, 5.41) is 4.60. The van der Waals surface area contributed by atoms with E-state index in [2.05, 4.69) is 173 Å². The van der Waals surface area contributed by atoms with E-state index in [4.69, 9.17) is 15.0 Å². The number of fused-ring (bicyclic) bond motifs is 6. The molecule has 0 spiro atoms. The van der Waals surface area contributed by atoms with Crippen molar-refractivity contribution in [2.75, 3.05) is 0 Å². The third kappa shape index (κ3) is 5.29. The van der Waals surface area contributed by atoms with Crippen LogP contribution in [0.3, 0.4) is 0 Å². The Hall–Kier alpha value is -7.63. The second-order valence-corrected chi connectivity index (χ2v) is 14.1. The first-order valence-corrected chi connectivity index (χ1v) is 18.9. The fourth-order valence-corrected chi connectivity index (χ4v) is 8.12. The van der Waals surface area contributed by atoms with E-state index in [-0.39, 0.29) is 0 Å². The number of benzene rings is 8. The fraction of sp³-hybridized carbons (Fsp3) is 0. The first-order chi connectivity index (χ1) is 27.8. The van der Waals surface area contributed by atoms with Crippen molar-refractivity contribution >= 4 is 43.6 Å². The van der Waals surface area contributed by atoms with E-state index in [1.165, 1.54) is 22.1 Å². The average Bonchev–Trinajstić information content (AvgIpc) is 3.78. The zero-order valence-corrected chi connectivity index (χ0v) is 30.3. The van der Waals surface area contributed by atoms with Crippen molar-refractivity contribution in [1.29, 1.82) is 0 Å². The Morgan fingerprint density at radius 2 is 0.696 bits per heavy atom. The van der Waals surface area contributed by atoms with E-state index < -0.39 is 0 Å². The molecule has 3 aromatic heterocycles. The van der Waals surface area contributed by atoms with Crippen molar-refractivity contribution in [2.24, 2.45) is 0 Å². The third-order valence-electron chi connectivity index (χ3n) is 10.8. The molecule has 0 fully saturated rings. The molecule has 0 saturated carbocycles. The van der Waals surface area contributed by atoms with Crippen molar-refractivity contribution in [3.63, 3.8) is 0 Å². The quantitative estimate of drug-likeness (QED) is 0.172. The van der Waals surface area contributed by atoms with Gasteiger partial charge in [-0.1, -0.05) is 158 Å². The summed E-state index contributed by atoms with van der Waals surface area (Å²) < 4.78 is 4.62. The molecule has 0 aliphatic carbocycles. The molecular weight excluding hydrogens is 683 g/mol. The van der Waals surface area contributed by atoms with E-state index >= 15 is 0 Å². The van der Waals surface area contributed by atoms with Crippen LogP contribution in [0.15, 0.2) is 200 Å². The molecule has 5 nitrogen and oxygen atoms in total. The fourth-order valence-electron chi connectivity index (χ4n) is 8.12. The van der Waals surface area contributed by atoms with Crippen LogP contribution in [-0.4, -0.2) is 24.1 Å². The summed E-state index contributed by atoms with van der Waals surface area (Å²) in [6.07, 6.45) is 0. The normalized spacial score (nSPS) is 11.6. The van der Waals surface area contributed by atoms with Gasteiger partial charge in [-0.3, -0.25) is 4.57 Å². The molecule has 8 aromatic carbocycles. The lowest BCUT2D eigenvalue weighted by Crippen LogP contribution is -2.06. The Bertz CT molecular complexity index is 3150. The zero-order chi connectivity index (χ0) is 37.0. The Kier molecular flexibility index (Phi) is 7.42. The van der Waals surface area contributed by atoms with Crippen LogP contribution in [0.5, 0.6) is 0 Å². The van der Waals surface area contributed by atoms with Gasteiger partial charge in [0.2, 0.25) is 5.95 Å². The van der Waals surface area contributed by atoms with Gasteiger partial charge in [0.1, 0.15) is 0 Å². The molecule has 11 aromatic rings. The Morgan fingerprint density at radius 3 is 1.30 bits per heavy atom. The first-order valence-electron chi connectivity index (χ1n) is 18.9. The van der Waals surface area contributed by atoms with Gasteiger partial charge >= 0.3 is 0 Å². The topological polar surface area (TPSA) is 48.5 Å². The average molecular weight is 716 g/mol. The second-order valence-electron chi connectivity index (χ2n) is 14.1. The molecule has 0 N–H and O–H groups in total. The van der Waals surface area contributed by atoms with Gasteiger partial charge in [-0.2, -0.15) is 9.97 Å². The lowest BCUT2D eigenvalue weighted by Gasteiger charge is -2.11. The van der Waals surface area contributed by atoms with Crippen LogP contribution >= 0.6 is 0 Å². The van der Waals surface area contributed by atoms with Crippen LogP contribution in [0.25, 0.3) is 100 Å². The number of hydrogen-bond acceptors (Lipinski definition) is 3. The maximum atomic E-state index is 5.22. The third-order valence-corrected chi connectivity index (χ3v) is 10.8. The first kappa shape index (κ1) is 31.9. The molecule has 0 aliphatic rings. The Labute approximate surface area is 323 Å². The summed E-state index contributed by atoms with van der Waals surface area (Å²) in [7, 11) is 0. The summed E-state index contributed by atoms with van der Waals surface area (Å²) in [5.41, 5.74) is 12.0. The lowest BCUT2D eigenvalue weighted by molar-refractivity contribution is 0.954. The summed E-state index contributed by atoms with van der Waals surface area (Å²) in [4.78, 5) is 15.4. The minimum absolute atomic E-state index is 0.574. The monoisotopic (exact) mass is 715 g/mol. The van der Waals surface area contributed by atoms with Gasteiger partial charge in [-0.25, -0.2) is 4.98 Å². The highest BCUT2D eigenvalue weighted by Gasteiger charge is 2.22. The number of rotatable bonds is 6. The Balaban J connectivity index is 1.21. The van der Waals surface area contributed by atoms with Gasteiger partial charge in [0, 0.05) is 38.4 Å². The molecule has 3 heterocycles. The predicted molar refractivity (Wildman–Crippen MR) is 230 cm³/mol. The number of aromatic nitrogens is 5. The molecule has 262 valence electrons. The molecule has 0 unspecified atom stereocenters. The minimum Gasteiger partial charge on any atom is -0.309 e. The van der Waals surface area contributed by atoms with Gasteiger partial charge in [0.15, 0.2) is 11.6 Å². The molecule has 11 rings (SSSR count). The highest BCUT2D eigenvalue weighted by Crippen LogP contribution is 2.41. The molecule has 0 atom stereocenters. The van der Waals surface area contributed by atoms with Gasteiger partial charge < -0.3 is 4.57 Å². The standard InChI is InChI=1S/C51H33N5/c1-5-15-34(16-6-1)36-25-28-40(29-26-36)55-45-24-14-13-23-41(45)43-32-48-44(33-47(43)55)42-31-39(35-17-7-2-8-18-35)27-30-46(42)56(48)51-53-49(37-19-9-3-10-20-37)52-50(54-51)38-21-11-4-12-22-38/h1-33H. The second kappa shape index (κ2) is 13.0. The van der Waals surface area contributed by atoms with E-state index in [0.717, 1.165) is 60.6 Å². The van der Waals surface area contributed by atoms with E-state index in [1.807, 2.05) is 36.4 Å². The van der Waals surface area contributed by atoms with E-state index in [0.29, 0.717) is 17.6 Å². The molecule has 0 bridgehead atoms. The number of nitrogens with zero attached hydrogens (tertiary/aromatic N) is 5. The van der Waals surface area contributed by atoms with Crippen LogP contribution < -0.4 is 0 Å². The van der Waals surface area contributed by atoms with Gasteiger partial charge in [-0.15, -0.1) is 0 Å². The summed E-state index contributed by atoms with van der Waals surface area (Å²) >= 11 is 0. The molecule has 5 heteroatoms. The predicted octanol–water partition coefficient (Wildman–Crippen LogP) is 12.7. The van der Waals surface area contributed by atoms with Crippen molar-refractivity contribution in [1.82, 2.24) is 24.1 Å². The minimum atomic E-state index is 0.574. The maximum Gasteiger partial charge on any atom is 0.238 e. The molecule has 0 saturated heterocycles. The number of para-hydroxylation sites is 1. The molecule has 0 aliphatic heterocycles. The van der Waals surface area contributed by atoms with Gasteiger partial charge in [-0.05, 0) is 64.7 Å². The summed E-state index contributed by atoms with van der Waals surface area (Å²) in [6.45, 7) is 0. The zero-order valence-electron chi connectivity index (χ0n) is 30.3. The van der Waals surface area contributed by atoms with Crippen molar-refractivity contribution in [3.05, 3.63) is 200 Å². The Morgan fingerprint density at radius 1 is 0.268 bits per heavy atom. The molecule has 56 heavy (non-hydrogen) atoms. The van der Waals surface area contributed by atoms with E-state index in [1.54, 1.807) is 0 Å². The van der Waals surface area contributed by atoms with Gasteiger partial charge in [0.25, 0.3) is 0 Å². The molecule has 0 radical (unpaired) electrons. The van der Waals surface area contributed by atoms with Crippen LogP contribution in [0.2, 0.25) is 0 Å². The molecule has 0 amide bonds. The number of hydrogen-bond donors (Lipinski definition) is 0. The van der Waals surface area contributed by atoms with Gasteiger partial charge in [0.05, 0.1) is 22.1 Å². The van der Waals surface area contributed by atoms with Crippen LogP contribution in [0, 0.1) is 0 Å². The summed E-state index contributed by atoms with van der Waals surface area (Å²) in [5.74, 6) is 1.83.